The molecule has 2 heterocycles. The molecule has 0 aliphatic rings. The van der Waals surface area contributed by atoms with Crippen LogP contribution in [0.2, 0.25) is 0 Å². The van der Waals surface area contributed by atoms with E-state index in [1.165, 1.54) is 16.5 Å². The van der Waals surface area contributed by atoms with Crippen LogP contribution >= 0.6 is 0 Å². The number of rotatable bonds is 4. The third-order valence-electron chi connectivity index (χ3n) is 3.69. The average molecular weight is 266 g/mol. The highest BCUT2D eigenvalue weighted by Crippen LogP contribution is 2.25. The van der Waals surface area contributed by atoms with Crippen LogP contribution in [0.4, 0.5) is 0 Å². The lowest BCUT2D eigenvalue weighted by molar-refractivity contribution is 0.544. The number of hydrogen-bond acceptors (Lipinski definition) is 3. The van der Waals surface area contributed by atoms with Gasteiger partial charge in [-0.2, -0.15) is 0 Å². The molecule has 3 heteroatoms. The topological polar surface area (TPSA) is 38.1 Å². The Hall–Kier alpha value is -2.13. The third kappa shape index (κ3) is 2.45. The lowest BCUT2D eigenvalue weighted by Gasteiger charge is -2.13. The molecule has 0 bridgehead atoms. The highest BCUT2D eigenvalue weighted by atomic mass is 16.3. The predicted molar refractivity (Wildman–Crippen MR) is 80.4 cm³/mol. The molecule has 20 heavy (non-hydrogen) atoms. The number of furan rings is 1. The van der Waals surface area contributed by atoms with Gasteiger partial charge in [-0.05, 0) is 37.6 Å². The van der Waals surface area contributed by atoms with Crippen molar-refractivity contribution in [2.24, 2.45) is 0 Å². The van der Waals surface area contributed by atoms with Crippen LogP contribution in [0.3, 0.4) is 0 Å². The van der Waals surface area contributed by atoms with E-state index in [2.05, 4.69) is 23.3 Å². The number of para-hydroxylation sites is 1. The van der Waals surface area contributed by atoms with Crippen LogP contribution < -0.4 is 5.32 Å². The molecule has 0 spiro atoms. The van der Waals surface area contributed by atoms with Gasteiger partial charge in [0.05, 0.1) is 0 Å². The summed E-state index contributed by atoms with van der Waals surface area (Å²) >= 11 is 0. The number of nitrogens with one attached hydrogen (secondary N) is 1. The molecule has 0 amide bonds. The Kier molecular flexibility index (Phi) is 3.52. The Bertz CT molecular complexity index is 703. The van der Waals surface area contributed by atoms with Gasteiger partial charge in [0.2, 0.25) is 0 Å². The second-order valence-electron chi connectivity index (χ2n) is 5.02. The maximum Gasteiger partial charge on any atom is 0.134 e. The van der Waals surface area contributed by atoms with Gasteiger partial charge in [0, 0.05) is 35.9 Å². The number of aryl methyl sites for hydroxylation is 1. The first-order valence-corrected chi connectivity index (χ1v) is 6.86. The molecule has 102 valence electrons. The predicted octanol–water partition coefficient (Wildman–Crippen LogP) is 3.99. The van der Waals surface area contributed by atoms with Gasteiger partial charge in [0.15, 0.2) is 0 Å². The van der Waals surface area contributed by atoms with Crippen molar-refractivity contribution in [1.29, 1.82) is 0 Å². The second-order valence-corrected chi connectivity index (χ2v) is 5.02. The van der Waals surface area contributed by atoms with Crippen molar-refractivity contribution in [2.75, 3.05) is 0 Å². The van der Waals surface area contributed by atoms with Gasteiger partial charge in [0.1, 0.15) is 11.3 Å². The molecule has 0 saturated carbocycles. The second kappa shape index (κ2) is 5.47. The molecule has 1 unspecified atom stereocenters. The first-order chi connectivity index (χ1) is 9.75. The summed E-state index contributed by atoms with van der Waals surface area (Å²) in [5, 5.41) is 4.74. The molecule has 0 radical (unpaired) electrons. The molecule has 1 atom stereocenters. The standard InChI is InChI=1S/C17H18N2O/c1-12(14-7-9-18-10-8-14)19-11-16-13(2)20-17-6-4-3-5-15(16)17/h3-10,12,19H,11H2,1-2H3. The van der Waals surface area contributed by atoms with Crippen LogP contribution in [0.1, 0.15) is 29.9 Å². The quantitative estimate of drug-likeness (QED) is 0.776. The van der Waals surface area contributed by atoms with Crippen molar-refractivity contribution in [3.8, 4) is 0 Å². The molecular formula is C17H18N2O. The van der Waals surface area contributed by atoms with E-state index in [-0.39, 0.29) is 6.04 Å². The summed E-state index contributed by atoms with van der Waals surface area (Å²) in [6.45, 7) is 4.98. The van der Waals surface area contributed by atoms with Gasteiger partial charge in [-0.25, -0.2) is 0 Å². The Labute approximate surface area is 118 Å². The lowest BCUT2D eigenvalue weighted by atomic mass is 10.1. The Morgan fingerprint density at radius 3 is 2.70 bits per heavy atom. The van der Waals surface area contributed by atoms with Crippen molar-refractivity contribution < 1.29 is 4.42 Å². The Balaban J connectivity index is 1.79. The third-order valence-corrected chi connectivity index (χ3v) is 3.69. The molecule has 3 rings (SSSR count). The molecule has 0 saturated heterocycles. The minimum absolute atomic E-state index is 0.283. The summed E-state index contributed by atoms with van der Waals surface area (Å²) in [5.74, 6) is 0.987. The van der Waals surface area contributed by atoms with Gasteiger partial charge in [-0.15, -0.1) is 0 Å². The first-order valence-electron chi connectivity index (χ1n) is 6.86. The summed E-state index contributed by atoms with van der Waals surface area (Å²) < 4.78 is 5.79. The molecule has 2 aromatic heterocycles. The smallest absolute Gasteiger partial charge is 0.134 e. The number of hydrogen-bond donors (Lipinski definition) is 1. The molecule has 0 aliphatic carbocycles. The van der Waals surface area contributed by atoms with Crippen LogP contribution in [0, 0.1) is 6.92 Å². The molecule has 1 N–H and O–H groups in total. The van der Waals surface area contributed by atoms with E-state index in [4.69, 9.17) is 4.42 Å². The van der Waals surface area contributed by atoms with Gasteiger partial charge < -0.3 is 9.73 Å². The molecular weight excluding hydrogens is 248 g/mol. The highest BCUT2D eigenvalue weighted by Gasteiger charge is 2.11. The van der Waals surface area contributed by atoms with Gasteiger partial charge >= 0.3 is 0 Å². The Morgan fingerprint density at radius 2 is 1.90 bits per heavy atom. The summed E-state index contributed by atoms with van der Waals surface area (Å²) in [5.41, 5.74) is 3.44. The molecule has 0 fully saturated rings. The van der Waals surface area contributed by atoms with E-state index in [0.29, 0.717) is 0 Å². The number of pyridine rings is 1. The zero-order chi connectivity index (χ0) is 13.9. The largest absolute Gasteiger partial charge is 0.461 e. The Morgan fingerprint density at radius 1 is 1.15 bits per heavy atom. The number of fused-ring (bicyclic) bond motifs is 1. The van der Waals surface area contributed by atoms with Crippen LogP contribution in [0.15, 0.2) is 53.2 Å². The number of nitrogens with zero attached hydrogens (tertiary/aromatic N) is 1. The van der Waals surface area contributed by atoms with E-state index in [1.54, 1.807) is 0 Å². The van der Waals surface area contributed by atoms with Gasteiger partial charge in [-0.1, -0.05) is 18.2 Å². The minimum Gasteiger partial charge on any atom is -0.461 e. The van der Waals surface area contributed by atoms with Crippen molar-refractivity contribution >= 4 is 11.0 Å². The maximum atomic E-state index is 5.79. The van der Waals surface area contributed by atoms with E-state index in [1.807, 2.05) is 49.6 Å². The molecule has 1 aromatic carbocycles. The van der Waals surface area contributed by atoms with E-state index in [9.17, 15) is 0 Å². The zero-order valence-corrected chi connectivity index (χ0v) is 11.8. The summed E-state index contributed by atoms with van der Waals surface area (Å²) in [7, 11) is 0. The fraction of sp³-hybridized carbons (Fsp3) is 0.235. The van der Waals surface area contributed by atoms with E-state index >= 15 is 0 Å². The molecule has 3 aromatic rings. The fourth-order valence-corrected chi connectivity index (χ4v) is 2.47. The van der Waals surface area contributed by atoms with Crippen LogP contribution in [0.25, 0.3) is 11.0 Å². The van der Waals surface area contributed by atoms with Crippen molar-refractivity contribution in [1.82, 2.24) is 10.3 Å². The van der Waals surface area contributed by atoms with Crippen molar-refractivity contribution in [3.63, 3.8) is 0 Å². The monoisotopic (exact) mass is 266 g/mol. The first kappa shape index (κ1) is 12.9. The van der Waals surface area contributed by atoms with Crippen LogP contribution in [-0.4, -0.2) is 4.98 Å². The molecule has 3 nitrogen and oxygen atoms in total. The van der Waals surface area contributed by atoms with Crippen molar-refractivity contribution in [2.45, 2.75) is 26.4 Å². The molecule has 0 aliphatic heterocycles. The van der Waals surface area contributed by atoms with E-state index < -0.39 is 0 Å². The maximum absolute atomic E-state index is 5.79. The minimum atomic E-state index is 0.283. The normalized spacial score (nSPS) is 12.7. The van der Waals surface area contributed by atoms with Crippen molar-refractivity contribution in [3.05, 3.63) is 65.7 Å². The summed E-state index contributed by atoms with van der Waals surface area (Å²) in [4.78, 5) is 4.05. The number of benzene rings is 1. The zero-order valence-electron chi connectivity index (χ0n) is 11.8. The summed E-state index contributed by atoms with van der Waals surface area (Å²) in [6.07, 6.45) is 3.65. The summed E-state index contributed by atoms with van der Waals surface area (Å²) in [6, 6.07) is 12.5. The highest BCUT2D eigenvalue weighted by molar-refractivity contribution is 5.82. The van der Waals surface area contributed by atoms with Gasteiger partial charge in [0.25, 0.3) is 0 Å². The lowest BCUT2D eigenvalue weighted by Crippen LogP contribution is -2.18. The van der Waals surface area contributed by atoms with E-state index in [0.717, 1.165) is 17.9 Å². The average Bonchev–Trinajstić information content (AvgIpc) is 2.81. The SMILES string of the molecule is Cc1oc2ccccc2c1CNC(C)c1ccncc1. The fourth-order valence-electron chi connectivity index (χ4n) is 2.47. The number of aromatic nitrogens is 1. The van der Waals surface area contributed by atoms with Gasteiger partial charge in [-0.3, -0.25) is 4.98 Å². The van der Waals surface area contributed by atoms with Crippen LogP contribution in [0.5, 0.6) is 0 Å². The van der Waals surface area contributed by atoms with Crippen LogP contribution in [-0.2, 0) is 6.54 Å².